The molecule has 15 aromatic rings. The minimum absolute atomic E-state index is 0.597. The molecule has 5 nitrogen and oxygen atoms in total. The standard InChI is InChI=1S/C63H37N5S2/c1-3-17-38(18-4-1)61-64-62(39-19-5-2-6-20-39)66-63(65-61)48-37-40(31-34-52(48)68-51-28-14-9-25-47(51)58-54(68)36-33-45-43-23-11-16-30-56(43)70-60(45)58)41-21-7-12-26-49(41)67-50-27-13-8-24-46(50)57-53(67)35-32-44-42-22-10-15-29-55(42)69-59(44)57/h1-37H. The number of nitrogens with zero attached hydrogens (tertiary/aromatic N) is 5. The maximum Gasteiger partial charge on any atom is 0.166 e. The van der Waals surface area contributed by atoms with Gasteiger partial charge >= 0.3 is 0 Å². The summed E-state index contributed by atoms with van der Waals surface area (Å²) in [7, 11) is 0. The fraction of sp³-hybridized carbons (Fsp3) is 0. The van der Waals surface area contributed by atoms with E-state index in [1.165, 1.54) is 72.9 Å². The van der Waals surface area contributed by atoms with E-state index in [9.17, 15) is 0 Å². The van der Waals surface area contributed by atoms with Gasteiger partial charge in [0.2, 0.25) is 0 Å². The Labute approximate surface area is 409 Å². The van der Waals surface area contributed by atoms with Gasteiger partial charge in [0.1, 0.15) is 0 Å². The second kappa shape index (κ2) is 15.4. The van der Waals surface area contributed by atoms with Crippen molar-refractivity contribution in [3.05, 3.63) is 224 Å². The first-order chi connectivity index (χ1) is 34.7. The van der Waals surface area contributed by atoms with Crippen molar-refractivity contribution in [2.24, 2.45) is 0 Å². The molecule has 0 amide bonds. The molecule has 5 heterocycles. The van der Waals surface area contributed by atoms with Crippen LogP contribution in [0.25, 0.3) is 141 Å². The van der Waals surface area contributed by atoms with E-state index in [1.54, 1.807) is 0 Å². The molecule has 15 rings (SSSR count). The molecule has 0 saturated carbocycles. The predicted molar refractivity (Wildman–Crippen MR) is 296 cm³/mol. The summed E-state index contributed by atoms with van der Waals surface area (Å²) in [5, 5.41) is 10.1. The Bertz CT molecular complexity index is 4540. The zero-order valence-electron chi connectivity index (χ0n) is 37.4. The molecule has 326 valence electrons. The Morgan fingerprint density at radius 2 is 0.729 bits per heavy atom. The van der Waals surface area contributed by atoms with E-state index in [0.717, 1.165) is 50.2 Å². The summed E-state index contributed by atoms with van der Waals surface area (Å²) in [5.41, 5.74) is 11.6. The lowest BCUT2D eigenvalue weighted by molar-refractivity contribution is 1.06. The van der Waals surface area contributed by atoms with Crippen molar-refractivity contribution in [1.29, 1.82) is 0 Å². The summed E-state index contributed by atoms with van der Waals surface area (Å²) in [4.78, 5) is 16.0. The Kier molecular flexibility index (Phi) is 8.63. The fourth-order valence-electron chi connectivity index (χ4n) is 10.9. The van der Waals surface area contributed by atoms with Gasteiger partial charge in [-0.3, -0.25) is 0 Å². The quantitative estimate of drug-likeness (QED) is 0.167. The van der Waals surface area contributed by atoms with E-state index >= 15 is 0 Å². The predicted octanol–water partition coefficient (Wildman–Crippen LogP) is 17.5. The highest BCUT2D eigenvalue weighted by Gasteiger charge is 2.24. The smallest absolute Gasteiger partial charge is 0.166 e. The highest BCUT2D eigenvalue weighted by molar-refractivity contribution is 7.27. The molecule has 0 fully saturated rings. The van der Waals surface area contributed by atoms with E-state index in [4.69, 9.17) is 15.0 Å². The van der Waals surface area contributed by atoms with Gasteiger partial charge in [-0.2, -0.15) is 0 Å². The average molecular weight is 928 g/mol. The normalized spacial score (nSPS) is 12.0. The summed E-state index contributed by atoms with van der Waals surface area (Å²) in [6, 6.07) is 80.6. The van der Waals surface area contributed by atoms with Crippen molar-refractivity contribution in [3.63, 3.8) is 0 Å². The highest BCUT2D eigenvalue weighted by Crippen LogP contribution is 2.47. The molecule has 0 aliphatic rings. The van der Waals surface area contributed by atoms with Crippen LogP contribution in [0.5, 0.6) is 0 Å². The number of benzene rings is 10. The van der Waals surface area contributed by atoms with Crippen LogP contribution in [-0.2, 0) is 0 Å². The van der Waals surface area contributed by atoms with Crippen LogP contribution in [0.15, 0.2) is 224 Å². The minimum atomic E-state index is 0.597. The fourth-order valence-corrected chi connectivity index (χ4v) is 13.4. The molecule has 0 N–H and O–H groups in total. The van der Waals surface area contributed by atoms with Gasteiger partial charge in [0, 0.05) is 84.1 Å². The van der Waals surface area contributed by atoms with Gasteiger partial charge in [-0.25, -0.2) is 15.0 Å². The molecule has 7 heteroatoms. The van der Waals surface area contributed by atoms with Crippen molar-refractivity contribution < 1.29 is 0 Å². The van der Waals surface area contributed by atoms with Crippen molar-refractivity contribution in [3.8, 4) is 56.7 Å². The lowest BCUT2D eigenvalue weighted by Gasteiger charge is -2.18. The lowest BCUT2D eigenvalue weighted by atomic mass is 9.99. The summed E-state index contributed by atoms with van der Waals surface area (Å²) >= 11 is 3.75. The summed E-state index contributed by atoms with van der Waals surface area (Å²) in [5.74, 6) is 1.83. The van der Waals surface area contributed by atoms with Crippen LogP contribution in [-0.4, -0.2) is 24.1 Å². The number of rotatable bonds is 6. The van der Waals surface area contributed by atoms with Crippen LogP contribution in [0.1, 0.15) is 0 Å². The molecule has 0 unspecified atom stereocenters. The van der Waals surface area contributed by atoms with E-state index in [1.807, 2.05) is 59.1 Å². The van der Waals surface area contributed by atoms with Crippen LogP contribution < -0.4 is 0 Å². The SMILES string of the molecule is c1ccc(-c2nc(-c3ccccc3)nc(-c3cc(-c4ccccc4-n4c5ccccc5c5c6sc7ccccc7c6ccc54)ccc3-n3c4ccccc4c4c5sc6ccccc6c5ccc43)n2)cc1. The van der Waals surface area contributed by atoms with Gasteiger partial charge in [0.25, 0.3) is 0 Å². The third-order valence-corrected chi connectivity index (χ3v) is 16.4. The molecule has 0 spiro atoms. The van der Waals surface area contributed by atoms with Gasteiger partial charge in [-0.05, 0) is 60.2 Å². The molecule has 10 aromatic carbocycles. The number of hydrogen-bond acceptors (Lipinski definition) is 5. The molecule has 0 atom stereocenters. The van der Waals surface area contributed by atoms with Crippen molar-refractivity contribution in [1.82, 2.24) is 24.1 Å². The first-order valence-corrected chi connectivity index (χ1v) is 25.2. The molecule has 5 aromatic heterocycles. The Morgan fingerprint density at radius 1 is 0.286 bits per heavy atom. The largest absolute Gasteiger partial charge is 0.309 e. The molecule has 0 saturated heterocycles. The first kappa shape index (κ1) is 39.3. The summed E-state index contributed by atoms with van der Waals surface area (Å²) in [6.45, 7) is 0. The maximum atomic E-state index is 5.41. The molecule has 0 aliphatic heterocycles. The number of hydrogen-bond donors (Lipinski definition) is 0. The van der Waals surface area contributed by atoms with Gasteiger partial charge < -0.3 is 9.13 Å². The van der Waals surface area contributed by atoms with Gasteiger partial charge in [-0.1, -0.05) is 170 Å². The van der Waals surface area contributed by atoms with Gasteiger partial charge in [0.05, 0.1) is 33.4 Å². The first-order valence-electron chi connectivity index (χ1n) is 23.5. The van der Waals surface area contributed by atoms with Crippen molar-refractivity contribution in [2.75, 3.05) is 0 Å². The maximum absolute atomic E-state index is 5.41. The molecule has 70 heavy (non-hydrogen) atoms. The monoisotopic (exact) mass is 927 g/mol. The Hall–Kier alpha value is -8.75. The zero-order valence-corrected chi connectivity index (χ0v) is 39.0. The van der Waals surface area contributed by atoms with E-state index in [0.29, 0.717) is 17.5 Å². The number of thiophene rings is 2. The second-order valence-electron chi connectivity index (χ2n) is 17.9. The molecule has 0 aliphatic carbocycles. The molecular weight excluding hydrogens is 891 g/mol. The molecule has 0 bridgehead atoms. The third-order valence-electron chi connectivity index (χ3n) is 14.0. The van der Waals surface area contributed by atoms with E-state index in [-0.39, 0.29) is 0 Å². The van der Waals surface area contributed by atoms with Crippen molar-refractivity contribution >= 4 is 107 Å². The second-order valence-corrected chi connectivity index (χ2v) is 20.0. The minimum Gasteiger partial charge on any atom is -0.309 e. The lowest BCUT2D eigenvalue weighted by Crippen LogP contribution is -2.04. The third kappa shape index (κ3) is 5.86. The van der Waals surface area contributed by atoms with Crippen LogP contribution >= 0.6 is 22.7 Å². The summed E-state index contributed by atoms with van der Waals surface area (Å²) < 4.78 is 10.1. The van der Waals surface area contributed by atoms with E-state index in [2.05, 4.69) is 197 Å². The number of para-hydroxylation sites is 3. The van der Waals surface area contributed by atoms with Crippen LogP contribution in [0.3, 0.4) is 0 Å². The van der Waals surface area contributed by atoms with Crippen molar-refractivity contribution in [2.45, 2.75) is 0 Å². The number of fused-ring (bicyclic) bond motifs is 14. The molecule has 0 radical (unpaired) electrons. The Balaban J connectivity index is 1.02. The van der Waals surface area contributed by atoms with Crippen LogP contribution in [0, 0.1) is 0 Å². The molecular formula is C63H37N5S2. The van der Waals surface area contributed by atoms with Crippen LogP contribution in [0.2, 0.25) is 0 Å². The van der Waals surface area contributed by atoms with E-state index < -0.39 is 0 Å². The zero-order chi connectivity index (χ0) is 45.9. The van der Waals surface area contributed by atoms with Gasteiger partial charge in [-0.15, -0.1) is 22.7 Å². The van der Waals surface area contributed by atoms with Gasteiger partial charge in [0.15, 0.2) is 17.5 Å². The number of aromatic nitrogens is 5. The Morgan fingerprint density at radius 3 is 1.29 bits per heavy atom. The average Bonchev–Trinajstić information content (AvgIpc) is 4.19. The highest BCUT2D eigenvalue weighted by atomic mass is 32.1. The van der Waals surface area contributed by atoms with Crippen LogP contribution in [0.4, 0.5) is 0 Å². The summed E-state index contributed by atoms with van der Waals surface area (Å²) in [6.07, 6.45) is 0. The topological polar surface area (TPSA) is 48.5 Å².